The molecule has 0 amide bonds. The van der Waals surface area contributed by atoms with Gasteiger partial charge in [0.25, 0.3) is 0 Å². The van der Waals surface area contributed by atoms with E-state index in [9.17, 15) is 0 Å². The van der Waals surface area contributed by atoms with Crippen molar-refractivity contribution in [2.75, 3.05) is 6.54 Å². The van der Waals surface area contributed by atoms with Crippen molar-refractivity contribution in [2.45, 2.75) is 45.7 Å². The minimum Gasteiger partial charge on any atom is -0.309 e. The Morgan fingerprint density at radius 1 is 1.62 bits per heavy atom. The lowest BCUT2D eigenvalue weighted by molar-refractivity contribution is 0.311. The van der Waals surface area contributed by atoms with Crippen LogP contribution in [0.2, 0.25) is 5.02 Å². The maximum Gasteiger partial charge on any atom is 0.0834 e. The van der Waals surface area contributed by atoms with Gasteiger partial charge in [0.05, 0.1) is 23.0 Å². The van der Waals surface area contributed by atoms with Crippen LogP contribution in [0, 0.1) is 5.92 Å². The molecule has 2 heterocycles. The fourth-order valence-electron chi connectivity index (χ4n) is 2.42. The first kappa shape index (κ1) is 11.9. The normalized spacial score (nSPS) is 25.9. The van der Waals surface area contributed by atoms with E-state index in [1.807, 2.05) is 0 Å². The van der Waals surface area contributed by atoms with Crippen LogP contribution in [0.5, 0.6) is 0 Å². The van der Waals surface area contributed by atoms with E-state index in [0.717, 1.165) is 36.9 Å². The number of aromatic nitrogens is 2. The van der Waals surface area contributed by atoms with E-state index in [4.69, 9.17) is 11.6 Å². The second-order valence-electron chi connectivity index (χ2n) is 4.74. The molecule has 0 aliphatic carbocycles. The summed E-state index contributed by atoms with van der Waals surface area (Å²) in [6.07, 6.45) is 5.28. The van der Waals surface area contributed by atoms with Crippen LogP contribution in [-0.2, 0) is 6.54 Å². The highest BCUT2D eigenvalue weighted by molar-refractivity contribution is 6.31. The maximum absolute atomic E-state index is 6.24. The van der Waals surface area contributed by atoms with E-state index in [1.165, 1.54) is 12.1 Å². The lowest BCUT2D eigenvalue weighted by Gasteiger charge is -2.29. The van der Waals surface area contributed by atoms with Crippen LogP contribution < -0.4 is 5.32 Å². The number of hydrogen-bond acceptors (Lipinski definition) is 2. The van der Waals surface area contributed by atoms with E-state index < -0.39 is 0 Å². The topological polar surface area (TPSA) is 29.9 Å². The SMILES string of the molecule is CCCn1ncc(Cl)c1C1CC(C)CCN1. The molecule has 0 bridgehead atoms. The second-order valence-corrected chi connectivity index (χ2v) is 5.14. The second kappa shape index (κ2) is 5.19. The molecule has 1 aromatic rings. The van der Waals surface area contributed by atoms with Gasteiger partial charge >= 0.3 is 0 Å². The number of piperidine rings is 1. The van der Waals surface area contributed by atoms with Gasteiger partial charge in [-0.15, -0.1) is 0 Å². The van der Waals surface area contributed by atoms with Crippen molar-refractivity contribution >= 4 is 11.6 Å². The van der Waals surface area contributed by atoms with Gasteiger partial charge in [-0.3, -0.25) is 4.68 Å². The van der Waals surface area contributed by atoms with E-state index in [2.05, 4.69) is 28.9 Å². The molecule has 3 nitrogen and oxygen atoms in total. The van der Waals surface area contributed by atoms with Crippen LogP contribution >= 0.6 is 11.6 Å². The molecule has 0 radical (unpaired) electrons. The van der Waals surface area contributed by atoms with Crippen molar-refractivity contribution in [2.24, 2.45) is 5.92 Å². The molecule has 2 atom stereocenters. The smallest absolute Gasteiger partial charge is 0.0834 e. The molecule has 1 aromatic heterocycles. The molecule has 1 aliphatic rings. The third-order valence-corrected chi connectivity index (χ3v) is 3.56. The molecule has 4 heteroatoms. The summed E-state index contributed by atoms with van der Waals surface area (Å²) in [6.45, 7) is 6.51. The van der Waals surface area contributed by atoms with Crippen molar-refractivity contribution in [1.82, 2.24) is 15.1 Å². The van der Waals surface area contributed by atoms with Crippen molar-refractivity contribution in [3.05, 3.63) is 16.9 Å². The third-order valence-electron chi connectivity index (χ3n) is 3.26. The average molecular weight is 242 g/mol. The van der Waals surface area contributed by atoms with Crippen molar-refractivity contribution in [3.63, 3.8) is 0 Å². The van der Waals surface area contributed by atoms with Gasteiger partial charge in [0.15, 0.2) is 0 Å². The standard InChI is InChI=1S/C12H20ClN3/c1-3-6-16-12(10(13)8-15-16)11-7-9(2)4-5-14-11/h8-9,11,14H,3-7H2,1-2H3. The first-order valence-corrected chi connectivity index (χ1v) is 6.54. The minimum atomic E-state index is 0.380. The lowest BCUT2D eigenvalue weighted by atomic mass is 9.92. The van der Waals surface area contributed by atoms with Gasteiger partial charge in [-0.1, -0.05) is 25.4 Å². The van der Waals surface area contributed by atoms with Gasteiger partial charge < -0.3 is 5.32 Å². The molecule has 0 saturated carbocycles. The van der Waals surface area contributed by atoms with Gasteiger partial charge in [-0.2, -0.15) is 5.10 Å². The van der Waals surface area contributed by atoms with E-state index in [1.54, 1.807) is 6.20 Å². The van der Waals surface area contributed by atoms with Gasteiger partial charge in [-0.05, 0) is 31.7 Å². The quantitative estimate of drug-likeness (QED) is 0.882. The van der Waals surface area contributed by atoms with Crippen LogP contribution in [-0.4, -0.2) is 16.3 Å². The Bertz CT molecular complexity index is 348. The summed E-state index contributed by atoms with van der Waals surface area (Å²) in [7, 11) is 0. The minimum absolute atomic E-state index is 0.380. The van der Waals surface area contributed by atoms with Crippen molar-refractivity contribution in [3.8, 4) is 0 Å². The summed E-state index contributed by atoms with van der Waals surface area (Å²) >= 11 is 6.24. The van der Waals surface area contributed by atoms with Crippen LogP contribution in [0.4, 0.5) is 0 Å². The highest BCUT2D eigenvalue weighted by Gasteiger charge is 2.24. The number of rotatable bonds is 3. The Labute approximate surface area is 102 Å². The maximum atomic E-state index is 6.24. The van der Waals surface area contributed by atoms with E-state index in [0.29, 0.717) is 6.04 Å². The first-order chi connectivity index (χ1) is 7.72. The Hall–Kier alpha value is -0.540. The Balaban J connectivity index is 2.20. The van der Waals surface area contributed by atoms with Gasteiger partial charge in [-0.25, -0.2) is 0 Å². The van der Waals surface area contributed by atoms with Gasteiger partial charge in [0.2, 0.25) is 0 Å². The molecular formula is C12H20ClN3. The van der Waals surface area contributed by atoms with Crippen molar-refractivity contribution < 1.29 is 0 Å². The molecule has 16 heavy (non-hydrogen) atoms. The average Bonchev–Trinajstić information content (AvgIpc) is 2.60. The fourth-order valence-corrected chi connectivity index (χ4v) is 2.70. The fraction of sp³-hybridized carbons (Fsp3) is 0.750. The Kier molecular flexibility index (Phi) is 3.87. The summed E-state index contributed by atoms with van der Waals surface area (Å²) < 4.78 is 2.05. The van der Waals surface area contributed by atoms with Gasteiger partial charge in [0, 0.05) is 6.54 Å². The third kappa shape index (κ3) is 2.41. The molecule has 0 aromatic carbocycles. The zero-order valence-electron chi connectivity index (χ0n) is 10.0. The summed E-state index contributed by atoms with van der Waals surface area (Å²) in [5.41, 5.74) is 1.18. The molecule has 1 aliphatic heterocycles. The molecule has 2 rings (SSSR count). The molecule has 90 valence electrons. The number of halogens is 1. The van der Waals surface area contributed by atoms with Crippen molar-refractivity contribution in [1.29, 1.82) is 0 Å². The van der Waals surface area contributed by atoms with Gasteiger partial charge in [0.1, 0.15) is 0 Å². The van der Waals surface area contributed by atoms with Crippen LogP contribution in [0.25, 0.3) is 0 Å². The molecule has 1 N–H and O–H groups in total. The van der Waals surface area contributed by atoms with Crippen LogP contribution in [0.1, 0.15) is 44.8 Å². The summed E-state index contributed by atoms with van der Waals surface area (Å²) in [5.74, 6) is 0.771. The van der Waals surface area contributed by atoms with E-state index >= 15 is 0 Å². The van der Waals surface area contributed by atoms with Crippen LogP contribution in [0.3, 0.4) is 0 Å². The molecule has 1 fully saturated rings. The highest BCUT2D eigenvalue weighted by Crippen LogP contribution is 2.31. The number of nitrogens with zero attached hydrogens (tertiary/aromatic N) is 2. The number of hydrogen-bond donors (Lipinski definition) is 1. The Morgan fingerprint density at radius 3 is 3.12 bits per heavy atom. The molecule has 2 unspecified atom stereocenters. The monoisotopic (exact) mass is 241 g/mol. The highest BCUT2D eigenvalue weighted by atomic mass is 35.5. The largest absolute Gasteiger partial charge is 0.309 e. The summed E-state index contributed by atoms with van der Waals surface area (Å²) in [5, 5.41) is 8.70. The summed E-state index contributed by atoms with van der Waals surface area (Å²) in [6, 6.07) is 0.380. The first-order valence-electron chi connectivity index (χ1n) is 6.17. The molecule has 1 saturated heterocycles. The zero-order chi connectivity index (χ0) is 11.5. The van der Waals surface area contributed by atoms with E-state index in [-0.39, 0.29) is 0 Å². The lowest BCUT2D eigenvalue weighted by Crippen LogP contribution is -2.32. The van der Waals surface area contributed by atoms with Crippen LogP contribution in [0.15, 0.2) is 6.20 Å². The predicted molar refractivity (Wildman–Crippen MR) is 66.7 cm³/mol. The Morgan fingerprint density at radius 2 is 2.44 bits per heavy atom. The number of nitrogens with one attached hydrogen (secondary N) is 1. The summed E-state index contributed by atoms with van der Waals surface area (Å²) in [4.78, 5) is 0. The molecule has 0 spiro atoms. The number of aryl methyl sites for hydroxylation is 1. The predicted octanol–water partition coefficient (Wildman–Crippen LogP) is 3.01. The zero-order valence-corrected chi connectivity index (χ0v) is 10.8. The molecular weight excluding hydrogens is 222 g/mol.